The highest BCUT2D eigenvalue weighted by Gasteiger charge is 2.06. The molecule has 0 unspecified atom stereocenters. The molecule has 4 nitrogen and oxygen atoms in total. The zero-order valence-electron chi connectivity index (χ0n) is 17.7. The van der Waals surface area contributed by atoms with Crippen LogP contribution in [0.25, 0.3) is 16.5 Å². The Kier molecular flexibility index (Phi) is 8.04. The number of hydrogen-bond acceptors (Lipinski definition) is 3. The largest absolute Gasteiger partial charge is 0.385 e. The monoisotopic (exact) mass is 401 g/mol. The Labute approximate surface area is 179 Å². The highest BCUT2D eigenvalue weighted by Crippen LogP contribution is 2.15. The van der Waals surface area contributed by atoms with Crippen LogP contribution in [0.5, 0.6) is 0 Å². The summed E-state index contributed by atoms with van der Waals surface area (Å²) in [4.78, 5) is 14.7. The summed E-state index contributed by atoms with van der Waals surface area (Å²) in [6.07, 6.45) is 1.98. The molecule has 3 aromatic rings. The minimum absolute atomic E-state index is 0.00738. The summed E-state index contributed by atoms with van der Waals surface area (Å²) in [6.45, 7) is 7.64. The molecule has 1 amide bonds. The zero-order valence-corrected chi connectivity index (χ0v) is 17.7. The molecule has 0 aliphatic rings. The summed E-state index contributed by atoms with van der Waals surface area (Å²) < 4.78 is 0. The van der Waals surface area contributed by atoms with Crippen LogP contribution < -0.4 is 10.6 Å². The van der Waals surface area contributed by atoms with Crippen molar-refractivity contribution >= 4 is 22.4 Å². The second-order valence-corrected chi connectivity index (χ2v) is 7.60. The summed E-state index contributed by atoms with van der Waals surface area (Å²) in [5.74, 6) is -0.00738. The molecule has 0 atom stereocenters. The van der Waals surface area contributed by atoms with Gasteiger partial charge in [0.25, 0.3) is 5.91 Å². The lowest BCUT2D eigenvalue weighted by molar-refractivity contribution is 0.0952. The Bertz CT molecular complexity index is 968. The molecule has 0 aromatic heterocycles. The molecule has 3 aromatic carbocycles. The number of fused-ring (bicyclic) bond motifs is 1. The molecule has 0 bridgehead atoms. The van der Waals surface area contributed by atoms with E-state index in [-0.39, 0.29) is 5.91 Å². The lowest BCUT2D eigenvalue weighted by Gasteiger charge is -2.17. The van der Waals surface area contributed by atoms with Gasteiger partial charge >= 0.3 is 0 Å². The standard InChI is InChI=1S/C26H31N3O/c1-21(22-10-4-3-5-11-22)27-16-8-18-29(2)19-9-17-28-26(30)25-15-14-23-12-6-7-13-24(23)20-25/h3-7,10-15,20,27H,1,8-9,16-19H2,2H3,(H,28,30). The van der Waals surface area contributed by atoms with Gasteiger partial charge in [0.1, 0.15) is 0 Å². The van der Waals surface area contributed by atoms with Crippen molar-refractivity contribution in [2.45, 2.75) is 12.8 Å². The lowest BCUT2D eigenvalue weighted by atomic mass is 10.1. The van der Waals surface area contributed by atoms with Gasteiger partial charge in [-0.1, -0.05) is 67.2 Å². The van der Waals surface area contributed by atoms with Crippen molar-refractivity contribution in [2.24, 2.45) is 0 Å². The summed E-state index contributed by atoms with van der Waals surface area (Å²) >= 11 is 0. The number of hydrogen-bond donors (Lipinski definition) is 2. The molecule has 30 heavy (non-hydrogen) atoms. The van der Waals surface area contributed by atoms with Crippen LogP contribution in [-0.4, -0.2) is 44.0 Å². The number of carbonyl (C=O) groups is 1. The maximum Gasteiger partial charge on any atom is 0.251 e. The molecular weight excluding hydrogens is 370 g/mol. The molecule has 0 saturated heterocycles. The normalized spacial score (nSPS) is 10.9. The second kappa shape index (κ2) is 11.2. The topological polar surface area (TPSA) is 44.4 Å². The van der Waals surface area contributed by atoms with E-state index in [0.29, 0.717) is 12.1 Å². The van der Waals surface area contributed by atoms with Crippen LogP contribution in [-0.2, 0) is 0 Å². The van der Waals surface area contributed by atoms with E-state index in [1.54, 1.807) is 0 Å². The van der Waals surface area contributed by atoms with Gasteiger partial charge in [0, 0.05) is 24.4 Å². The van der Waals surface area contributed by atoms with Crippen LogP contribution in [0.15, 0.2) is 79.4 Å². The van der Waals surface area contributed by atoms with Gasteiger partial charge in [0.05, 0.1) is 0 Å². The molecule has 0 radical (unpaired) electrons. The number of nitrogens with zero attached hydrogens (tertiary/aromatic N) is 1. The Morgan fingerprint density at radius 1 is 0.800 bits per heavy atom. The Hall–Kier alpha value is -3.11. The van der Waals surface area contributed by atoms with Crippen LogP contribution >= 0.6 is 0 Å². The number of benzene rings is 3. The predicted octanol–water partition coefficient (Wildman–Crippen LogP) is 4.54. The molecule has 3 rings (SSSR count). The third-order valence-electron chi connectivity index (χ3n) is 5.19. The highest BCUT2D eigenvalue weighted by atomic mass is 16.1. The van der Waals surface area contributed by atoms with E-state index in [0.717, 1.165) is 54.5 Å². The van der Waals surface area contributed by atoms with E-state index in [4.69, 9.17) is 0 Å². The van der Waals surface area contributed by atoms with Crippen molar-refractivity contribution in [3.8, 4) is 0 Å². The maximum atomic E-state index is 12.4. The summed E-state index contributed by atoms with van der Waals surface area (Å²) in [5, 5.41) is 8.66. The average Bonchev–Trinajstić information content (AvgIpc) is 2.79. The first kappa shape index (κ1) is 21.6. The second-order valence-electron chi connectivity index (χ2n) is 7.60. The molecular formula is C26H31N3O. The Morgan fingerprint density at radius 3 is 2.17 bits per heavy atom. The fourth-order valence-electron chi connectivity index (χ4n) is 3.42. The van der Waals surface area contributed by atoms with E-state index in [9.17, 15) is 4.79 Å². The summed E-state index contributed by atoms with van der Waals surface area (Å²) in [5.41, 5.74) is 2.81. The van der Waals surface area contributed by atoms with Gasteiger partial charge in [-0.25, -0.2) is 0 Å². The average molecular weight is 402 g/mol. The first-order valence-corrected chi connectivity index (χ1v) is 10.6. The van der Waals surface area contributed by atoms with Gasteiger partial charge < -0.3 is 15.5 Å². The number of amides is 1. The fourth-order valence-corrected chi connectivity index (χ4v) is 3.42. The van der Waals surface area contributed by atoms with Crippen molar-refractivity contribution in [3.05, 3.63) is 90.5 Å². The quantitative estimate of drug-likeness (QED) is 0.464. The van der Waals surface area contributed by atoms with Crippen molar-refractivity contribution < 1.29 is 4.79 Å². The van der Waals surface area contributed by atoms with Gasteiger partial charge in [-0.2, -0.15) is 0 Å². The number of nitrogens with one attached hydrogen (secondary N) is 2. The van der Waals surface area contributed by atoms with Crippen molar-refractivity contribution in [3.63, 3.8) is 0 Å². The Morgan fingerprint density at radius 2 is 1.43 bits per heavy atom. The molecule has 0 aliphatic heterocycles. The fraction of sp³-hybridized carbons (Fsp3) is 0.269. The van der Waals surface area contributed by atoms with Gasteiger partial charge in [-0.15, -0.1) is 0 Å². The van der Waals surface area contributed by atoms with E-state index in [2.05, 4.69) is 47.4 Å². The summed E-state index contributed by atoms with van der Waals surface area (Å²) in [6, 6.07) is 24.1. The first-order chi connectivity index (χ1) is 14.6. The molecule has 0 fully saturated rings. The van der Waals surface area contributed by atoms with Crippen LogP contribution in [0.1, 0.15) is 28.8 Å². The van der Waals surface area contributed by atoms with Crippen LogP contribution in [0.4, 0.5) is 0 Å². The minimum atomic E-state index is -0.00738. The lowest BCUT2D eigenvalue weighted by Crippen LogP contribution is -2.29. The zero-order chi connectivity index (χ0) is 21.2. The van der Waals surface area contributed by atoms with Gasteiger partial charge in [0.2, 0.25) is 0 Å². The van der Waals surface area contributed by atoms with Gasteiger partial charge in [-0.3, -0.25) is 4.79 Å². The number of carbonyl (C=O) groups excluding carboxylic acids is 1. The van der Waals surface area contributed by atoms with E-state index < -0.39 is 0 Å². The molecule has 4 heteroatoms. The van der Waals surface area contributed by atoms with Crippen molar-refractivity contribution in [2.75, 3.05) is 33.2 Å². The SMILES string of the molecule is C=C(NCCCN(C)CCCNC(=O)c1ccc2ccccc2c1)c1ccccc1. The minimum Gasteiger partial charge on any atom is -0.385 e. The molecule has 0 saturated carbocycles. The molecule has 2 N–H and O–H groups in total. The van der Waals surface area contributed by atoms with Crippen molar-refractivity contribution in [1.29, 1.82) is 0 Å². The smallest absolute Gasteiger partial charge is 0.251 e. The molecule has 156 valence electrons. The van der Waals surface area contributed by atoms with Crippen LogP contribution in [0.3, 0.4) is 0 Å². The van der Waals surface area contributed by atoms with Gasteiger partial charge in [-0.05, 0) is 61.4 Å². The molecule has 0 heterocycles. The number of rotatable bonds is 11. The van der Waals surface area contributed by atoms with Crippen LogP contribution in [0.2, 0.25) is 0 Å². The highest BCUT2D eigenvalue weighted by molar-refractivity contribution is 5.98. The maximum absolute atomic E-state index is 12.4. The van der Waals surface area contributed by atoms with Crippen LogP contribution in [0, 0.1) is 0 Å². The van der Waals surface area contributed by atoms with Gasteiger partial charge in [0.15, 0.2) is 0 Å². The van der Waals surface area contributed by atoms with Crippen molar-refractivity contribution in [1.82, 2.24) is 15.5 Å². The third-order valence-corrected chi connectivity index (χ3v) is 5.19. The molecule has 0 spiro atoms. The Balaban J connectivity index is 1.29. The third kappa shape index (κ3) is 6.46. The predicted molar refractivity (Wildman–Crippen MR) is 126 cm³/mol. The van der Waals surface area contributed by atoms with E-state index in [1.165, 1.54) is 0 Å². The molecule has 0 aliphatic carbocycles. The summed E-state index contributed by atoms with van der Waals surface area (Å²) in [7, 11) is 2.12. The van der Waals surface area contributed by atoms with E-state index >= 15 is 0 Å². The van der Waals surface area contributed by atoms with E-state index in [1.807, 2.05) is 54.6 Å². The first-order valence-electron chi connectivity index (χ1n) is 10.6.